The number of H-pyrrole nitrogens is 1. The minimum Gasteiger partial charge on any atom is -0.358 e. The molecule has 0 unspecified atom stereocenters. The van der Waals surface area contributed by atoms with Crippen molar-refractivity contribution in [3.63, 3.8) is 0 Å². The van der Waals surface area contributed by atoms with E-state index >= 15 is 0 Å². The molecule has 4 aromatic rings. The molecule has 0 bridgehead atoms. The Morgan fingerprint density at radius 2 is 1.62 bits per heavy atom. The smallest absolute Gasteiger partial charge is 0.358 e. The van der Waals surface area contributed by atoms with Gasteiger partial charge in [-0.2, -0.15) is 31.4 Å². The van der Waals surface area contributed by atoms with Crippen molar-refractivity contribution in [1.82, 2.24) is 14.8 Å². The van der Waals surface area contributed by atoms with Crippen molar-refractivity contribution in [3.05, 3.63) is 77.7 Å². The number of benzene rings is 2. The first-order valence-electron chi connectivity index (χ1n) is 9.22. The molecule has 2 aromatic carbocycles. The van der Waals surface area contributed by atoms with Crippen molar-refractivity contribution >= 4 is 22.5 Å². The Kier molecular flexibility index (Phi) is 5.19. The van der Waals surface area contributed by atoms with Crippen LogP contribution in [0.1, 0.15) is 17.1 Å². The van der Waals surface area contributed by atoms with E-state index in [1.165, 1.54) is 12.1 Å². The first kappa shape index (κ1) is 21.5. The standard InChI is InChI=1S/C21H14F6N4O/c22-20(23,24)17-11-18(21(25,26)27)31(30-17)15-7-5-13(6-8-15)29-19(32)10-14-9-12-3-1-2-4-16(12)28-14/h1-9,11,28H,10H2,(H,29,32). The minimum absolute atomic E-state index is 0.0305. The van der Waals surface area contributed by atoms with Crippen LogP contribution >= 0.6 is 0 Å². The summed E-state index contributed by atoms with van der Waals surface area (Å²) in [7, 11) is 0. The number of nitrogens with zero attached hydrogens (tertiary/aromatic N) is 2. The van der Waals surface area contributed by atoms with Gasteiger partial charge in [-0.25, -0.2) is 4.68 Å². The normalized spacial score (nSPS) is 12.3. The molecule has 0 radical (unpaired) electrons. The van der Waals surface area contributed by atoms with Crippen molar-refractivity contribution in [2.75, 3.05) is 5.32 Å². The topological polar surface area (TPSA) is 62.7 Å². The van der Waals surface area contributed by atoms with E-state index in [2.05, 4.69) is 15.4 Å². The van der Waals surface area contributed by atoms with E-state index in [0.29, 0.717) is 5.69 Å². The number of carbonyl (C=O) groups excluding carboxylic acids is 1. The van der Waals surface area contributed by atoms with E-state index in [0.717, 1.165) is 23.0 Å². The van der Waals surface area contributed by atoms with Crippen LogP contribution in [-0.2, 0) is 23.6 Å². The van der Waals surface area contributed by atoms with Crippen LogP contribution < -0.4 is 5.32 Å². The van der Waals surface area contributed by atoms with Gasteiger partial charge in [0.15, 0.2) is 5.69 Å². The number of para-hydroxylation sites is 1. The number of amides is 1. The lowest BCUT2D eigenvalue weighted by Gasteiger charge is -2.11. The number of hydrogen-bond donors (Lipinski definition) is 2. The molecule has 2 N–H and O–H groups in total. The molecule has 0 aliphatic carbocycles. The van der Waals surface area contributed by atoms with Crippen molar-refractivity contribution in [3.8, 4) is 5.69 Å². The highest BCUT2D eigenvalue weighted by atomic mass is 19.4. The molecular formula is C21H14F6N4O. The summed E-state index contributed by atoms with van der Waals surface area (Å²) in [5, 5.41) is 6.60. The molecule has 0 fully saturated rings. The molecule has 0 spiro atoms. The lowest BCUT2D eigenvalue weighted by molar-refractivity contribution is -0.143. The molecule has 0 aliphatic rings. The number of nitrogens with one attached hydrogen (secondary N) is 2. The Bertz CT molecular complexity index is 1240. The van der Waals surface area contributed by atoms with E-state index in [4.69, 9.17) is 0 Å². The zero-order chi connectivity index (χ0) is 23.1. The zero-order valence-corrected chi connectivity index (χ0v) is 16.1. The van der Waals surface area contributed by atoms with Crippen molar-refractivity contribution in [2.45, 2.75) is 18.8 Å². The highest BCUT2D eigenvalue weighted by Gasteiger charge is 2.42. The van der Waals surface area contributed by atoms with Gasteiger partial charge in [0.2, 0.25) is 5.91 Å². The third kappa shape index (κ3) is 4.46. The molecule has 0 atom stereocenters. The van der Waals surface area contributed by atoms with Crippen LogP contribution in [-0.4, -0.2) is 20.7 Å². The number of alkyl halides is 6. The number of rotatable bonds is 4. The maximum absolute atomic E-state index is 13.2. The molecule has 1 amide bonds. The van der Waals surface area contributed by atoms with Gasteiger partial charge in [-0.05, 0) is 41.8 Å². The average Bonchev–Trinajstić information content (AvgIpc) is 3.32. The fraction of sp³-hybridized carbons (Fsp3) is 0.143. The fourth-order valence-electron chi connectivity index (χ4n) is 3.21. The Balaban J connectivity index is 1.52. The molecule has 0 aliphatic heterocycles. The summed E-state index contributed by atoms with van der Waals surface area (Å²) in [6.07, 6.45) is -10.0. The van der Waals surface area contributed by atoms with Crippen LogP contribution in [0.2, 0.25) is 0 Å². The van der Waals surface area contributed by atoms with E-state index in [9.17, 15) is 31.1 Å². The maximum atomic E-state index is 13.2. The molecule has 32 heavy (non-hydrogen) atoms. The predicted molar refractivity (Wildman–Crippen MR) is 104 cm³/mol. The lowest BCUT2D eigenvalue weighted by Crippen LogP contribution is -2.15. The first-order valence-corrected chi connectivity index (χ1v) is 9.22. The van der Waals surface area contributed by atoms with Gasteiger partial charge in [-0.1, -0.05) is 18.2 Å². The second kappa shape index (κ2) is 7.74. The van der Waals surface area contributed by atoms with Gasteiger partial charge >= 0.3 is 12.4 Å². The third-order valence-electron chi connectivity index (χ3n) is 4.62. The van der Waals surface area contributed by atoms with Gasteiger partial charge in [-0.15, -0.1) is 0 Å². The number of halogens is 6. The van der Waals surface area contributed by atoms with Gasteiger partial charge in [0, 0.05) is 23.0 Å². The minimum atomic E-state index is -5.04. The van der Waals surface area contributed by atoms with Crippen LogP contribution in [0.15, 0.2) is 60.7 Å². The Hall–Kier alpha value is -3.76. The van der Waals surface area contributed by atoms with Crippen molar-refractivity contribution in [1.29, 1.82) is 0 Å². The summed E-state index contributed by atoms with van der Waals surface area (Å²) in [6, 6.07) is 14.1. The summed E-state index contributed by atoms with van der Waals surface area (Å²) in [4.78, 5) is 15.4. The first-order chi connectivity index (χ1) is 15.0. The average molecular weight is 452 g/mol. The van der Waals surface area contributed by atoms with Crippen LogP contribution in [0.5, 0.6) is 0 Å². The molecule has 11 heteroatoms. The fourth-order valence-corrected chi connectivity index (χ4v) is 3.21. The molecular weight excluding hydrogens is 438 g/mol. The summed E-state index contributed by atoms with van der Waals surface area (Å²) in [6.45, 7) is 0. The molecule has 0 saturated heterocycles. The molecule has 2 aromatic heterocycles. The van der Waals surface area contributed by atoms with Crippen molar-refractivity contribution < 1.29 is 31.1 Å². The Labute approximate surface area is 176 Å². The quantitative estimate of drug-likeness (QED) is 0.398. The van der Waals surface area contributed by atoms with E-state index in [1.54, 1.807) is 0 Å². The third-order valence-corrected chi connectivity index (χ3v) is 4.62. The van der Waals surface area contributed by atoms with E-state index in [-0.39, 0.29) is 34.5 Å². The molecule has 2 heterocycles. The number of carbonyl (C=O) groups is 1. The summed E-state index contributed by atoms with van der Waals surface area (Å²) in [5.41, 5.74) is -1.63. The number of fused-ring (bicyclic) bond motifs is 1. The van der Waals surface area contributed by atoms with Gasteiger partial charge in [0.05, 0.1) is 12.1 Å². The van der Waals surface area contributed by atoms with Gasteiger partial charge < -0.3 is 10.3 Å². The second-order valence-electron chi connectivity index (χ2n) is 6.98. The highest BCUT2D eigenvalue weighted by Crippen LogP contribution is 2.36. The van der Waals surface area contributed by atoms with Crippen LogP contribution in [0.25, 0.3) is 16.6 Å². The summed E-state index contributed by atoms with van der Waals surface area (Å²) in [5.74, 6) is -0.376. The number of anilines is 1. The molecule has 4 rings (SSSR count). The predicted octanol–water partition coefficient (Wildman–Crippen LogP) is 5.57. The lowest BCUT2D eigenvalue weighted by atomic mass is 10.2. The Morgan fingerprint density at radius 3 is 2.25 bits per heavy atom. The van der Waals surface area contributed by atoms with Crippen molar-refractivity contribution in [2.24, 2.45) is 0 Å². The van der Waals surface area contributed by atoms with E-state index in [1.807, 2.05) is 30.3 Å². The van der Waals surface area contributed by atoms with Gasteiger partial charge in [-0.3, -0.25) is 4.79 Å². The van der Waals surface area contributed by atoms with Crippen LogP contribution in [0, 0.1) is 0 Å². The summed E-state index contributed by atoms with van der Waals surface area (Å²) >= 11 is 0. The number of aromatic amines is 1. The molecule has 0 saturated carbocycles. The van der Waals surface area contributed by atoms with E-state index < -0.39 is 23.7 Å². The van der Waals surface area contributed by atoms with Crippen LogP contribution in [0.4, 0.5) is 32.0 Å². The second-order valence-corrected chi connectivity index (χ2v) is 6.98. The van der Waals surface area contributed by atoms with Gasteiger partial charge in [0.25, 0.3) is 0 Å². The largest absolute Gasteiger partial charge is 0.435 e. The Morgan fingerprint density at radius 1 is 0.938 bits per heavy atom. The molecule has 5 nitrogen and oxygen atoms in total. The van der Waals surface area contributed by atoms with Gasteiger partial charge in [0.1, 0.15) is 5.69 Å². The zero-order valence-electron chi connectivity index (χ0n) is 16.1. The molecule has 166 valence electrons. The maximum Gasteiger partial charge on any atom is 0.435 e. The highest BCUT2D eigenvalue weighted by molar-refractivity contribution is 5.93. The SMILES string of the molecule is O=C(Cc1cc2ccccc2[nH]1)Nc1ccc(-n2nc(C(F)(F)F)cc2C(F)(F)F)cc1. The summed E-state index contributed by atoms with van der Waals surface area (Å²) < 4.78 is 78.3. The monoisotopic (exact) mass is 452 g/mol. The van der Waals surface area contributed by atoms with Crippen LogP contribution in [0.3, 0.4) is 0 Å². The number of hydrogen-bond acceptors (Lipinski definition) is 2. The number of aromatic nitrogens is 3.